The highest BCUT2D eigenvalue weighted by Gasteiger charge is 2.05. The molecule has 1 rings (SSSR count). The topological polar surface area (TPSA) is 29.1 Å². The van der Waals surface area contributed by atoms with Gasteiger partial charge in [-0.2, -0.15) is 0 Å². The summed E-state index contributed by atoms with van der Waals surface area (Å²) in [5.41, 5.74) is 2.89. The smallest absolute Gasteiger partial charge is 0.251 e. The molecule has 0 spiro atoms. The van der Waals surface area contributed by atoms with E-state index in [1.807, 2.05) is 33.0 Å². The van der Waals surface area contributed by atoms with Crippen molar-refractivity contribution < 1.29 is 4.79 Å². The van der Waals surface area contributed by atoms with Gasteiger partial charge < -0.3 is 5.32 Å². The molecule has 0 atom stereocenters. The molecule has 0 bridgehead atoms. The molecule has 1 amide bonds. The third kappa shape index (κ3) is 1.67. The lowest BCUT2D eigenvalue weighted by atomic mass is 9.92. The van der Waals surface area contributed by atoms with Crippen molar-refractivity contribution in [3.63, 3.8) is 0 Å². The number of nitrogens with one attached hydrogen (secondary N) is 1. The third-order valence-electron chi connectivity index (χ3n) is 1.86. The fourth-order valence-corrected chi connectivity index (χ4v) is 1.12. The summed E-state index contributed by atoms with van der Waals surface area (Å²) in [6.07, 6.45) is 0. The number of hydrogen-bond donors (Lipinski definition) is 1. The van der Waals surface area contributed by atoms with E-state index in [0.717, 1.165) is 16.6 Å². The van der Waals surface area contributed by atoms with Gasteiger partial charge in [0.05, 0.1) is 0 Å². The summed E-state index contributed by atoms with van der Waals surface area (Å²) in [5.74, 6) is -0.0174. The Hall–Kier alpha value is -1.25. The number of aryl methyl sites for hydroxylation is 1. The first-order valence-corrected chi connectivity index (χ1v) is 3.94. The fraction of sp³-hybridized carbons (Fsp3) is 0.222. The van der Waals surface area contributed by atoms with Gasteiger partial charge in [0.25, 0.3) is 5.91 Å². The maximum atomic E-state index is 11.3. The van der Waals surface area contributed by atoms with Crippen molar-refractivity contribution in [2.24, 2.45) is 0 Å². The molecular formula is C9H12BNO. The first-order chi connectivity index (χ1) is 5.65. The summed E-state index contributed by atoms with van der Waals surface area (Å²) in [6, 6.07) is 5.86. The van der Waals surface area contributed by atoms with Crippen LogP contribution in [0.4, 0.5) is 0 Å². The van der Waals surface area contributed by atoms with Gasteiger partial charge in [-0.3, -0.25) is 4.79 Å². The Morgan fingerprint density at radius 1 is 1.50 bits per heavy atom. The lowest BCUT2D eigenvalue weighted by Crippen LogP contribution is -2.20. The molecule has 0 aliphatic carbocycles. The molecule has 3 heteroatoms. The summed E-state index contributed by atoms with van der Waals surface area (Å²) < 4.78 is 0. The number of rotatable bonds is 1. The predicted octanol–water partition coefficient (Wildman–Crippen LogP) is -0.387. The quantitative estimate of drug-likeness (QED) is 0.558. The van der Waals surface area contributed by atoms with Crippen LogP contribution in [0.25, 0.3) is 0 Å². The summed E-state index contributed by atoms with van der Waals surface area (Å²) in [6.45, 7) is 1.93. The monoisotopic (exact) mass is 161 g/mol. The lowest BCUT2D eigenvalue weighted by Gasteiger charge is -2.04. The third-order valence-corrected chi connectivity index (χ3v) is 1.86. The highest BCUT2D eigenvalue weighted by Crippen LogP contribution is 2.04. The van der Waals surface area contributed by atoms with Crippen molar-refractivity contribution in [2.75, 3.05) is 7.05 Å². The van der Waals surface area contributed by atoms with Gasteiger partial charge in [0.15, 0.2) is 0 Å². The van der Waals surface area contributed by atoms with Crippen molar-refractivity contribution in [3.05, 3.63) is 29.3 Å². The van der Waals surface area contributed by atoms with Crippen LogP contribution in [-0.2, 0) is 0 Å². The van der Waals surface area contributed by atoms with E-state index in [0.29, 0.717) is 0 Å². The van der Waals surface area contributed by atoms with E-state index in [4.69, 9.17) is 0 Å². The first-order valence-electron chi connectivity index (χ1n) is 3.94. The van der Waals surface area contributed by atoms with Crippen LogP contribution in [0.1, 0.15) is 15.9 Å². The second kappa shape index (κ2) is 3.43. The number of hydrogen-bond acceptors (Lipinski definition) is 1. The minimum absolute atomic E-state index is 0.0174. The van der Waals surface area contributed by atoms with Crippen molar-refractivity contribution in [1.29, 1.82) is 0 Å². The molecule has 0 heterocycles. The Balaban J connectivity index is 3.13. The molecule has 0 aliphatic rings. The summed E-state index contributed by atoms with van der Waals surface area (Å²) in [7, 11) is 3.62. The van der Waals surface area contributed by atoms with Gasteiger partial charge >= 0.3 is 0 Å². The molecule has 62 valence electrons. The van der Waals surface area contributed by atoms with Gasteiger partial charge in [0.1, 0.15) is 7.85 Å². The van der Waals surface area contributed by atoms with Crippen molar-refractivity contribution in [1.82, 2.24) is 5.32 Å². The molecule has 0 aromatic heterocycles. The van der Waals surface area contributed by atoms with Crippen LogP contribution in [0.5, 0.6) is 0 Å². The fourth-order valence-electron chi connectivity index (χ4n) is 1.12. The normalized spacial score (nSPS) is 9.50. The number of carbonyl (C=O) groups excluding carboxylic acids is 1. The summed E-state index contributed by atoms with van der Waals surface area (Å²) >= 11 is 0. The molecular weight excluding hydrogens is 149 g/mol. The zero-order valence-corrected chi connectivity index (χ0v) is 7.64. The van der Waals surface area contributed by atoms with Gasteiger partial charge in [0.2, 0.25) is 0 Å². The van der Waals surface area contributed by atoms with E-state index in [9.17, 15) is 4.79 Å². The highest BCUT2D eigenvalue weighted by atomic mass is 16.1. The Kier molecular flexibility index (Phi) is 2.53. The predicted molar refractivity (Wildman–Crippen MR) is 52.7 cm³/mol. The average Bonchev–Trinajstić information content (AvgIpc) is 2.08. The van der Waals surface area contributed by atoms with E-state index < -0.39 is 0 Å². The van der Waals surface area contributed by atoms with E-state index in [-0.39, 0.29) is 5.91 Å². The van der Waals surface area contributed by atoms with Crippen LogP contribution >= 0.6 is 0 Å². The highest BCUT2D eigenvalue weighted by molar-refractivity contribution is 6.32. The van der Waals surface area contributed by atoms with Gasteiger partial charge in [-0.15, -0.1) is 0 Å². The number of amides is 1. The summed E-state index contributed by atoms with van der Waals surface area (Å²) in [4.78, 5) is 11.3. The molecule has 0 fully saturated rings. The molecule has 0 radical (unpaired) electrons. The van der Waals surface area contributed by atoms with Crippen LogP contribution in [0, 0.1) is 6.92 Å². The molecule has 1 aromatic carbocycles. The summed E-state index contributed by atoms with van der Waals surface area (Å²) in [5, 5.41) is 2.61. The Morgan fingerprint density at radius 3 is 2.75 bits per heavy atom. The average molecular weight is 161 g/mol. The SMILES string of the molecule is Bc1ccc(C)c(C(=O)NC)c1. The van der Waals surface area contributed by atoms with E-state index >= 15 is 0 Å². The second-order valence-corrected chi connectivity index (χ2v) is 2.90. The number of carbonyl (C=O) groups is 1. The lowest BCUT2D eigenvalue weighted by molar-refractivity contribution is 0.0962. The van der Waals surface area contributed by atoms with Gasteiger partial charge in [-0.05, 0) is 12.5 Å². The van der Waals surface area contributed by atoms with Gasteiger partial charge in [-0.1, -0.05) is 23.7 Å². The molecule has 1 aromatic rings. The molecule has 0 saturated heterocycles. The van der Waals surface area contributed by atoms with E-state index in [1.165, 1.54) is 0 Å². The van der Waals surface area contributed by atoms with Crippen molar-refractivity contribution in [2.45, 2.75) is 6.92 Å². The van der Waals surface area contributed by atoms with Gasteiger partial charge in [-0.25, -0.2) is 0 Å². The molecule has 0 unspecified atom stereocenters. The molecule has 2 nitrogen and oxygen atoms in total. The number of benzene rings is 1. The van der Waals surface area contributed by atoms with Crippen LogP contribution in [0.2, 0.25) is 0 Å². The molecule has 0 aliphatic heterocycles. The minimum Gasteiger partial charge on any atom is -0.355 e. The zero-order chi connectivity index (χ0) is 9.14. The van der Waals surface area contributed by atoms with Crippen LogP contribution in [0.3, 0.4) is 0 Å². The molecule has 12 heavy (non-hydrogen) atoms. The second-order valence-electron chi connectivity index (χ2n) is 2.90. The van der Waals surface area contributed by atoms with E-state index in [1.54, 1.807) is 7.05 Å². The Morgan fingerprint density at radius 2 is 2.17 bits per heavy atom. The van der Waals surface area contributed by atoms with Crippen LogP contribution in [-0.4, -0.2) is 20.8 Å². The molecule has 0 saturated carbocycles. The van der Waals surface area contributed by atoms with Crippen LogP contribution in [0.15, 0.2) is 18.2 Å². The molecule has 1 N–H and O–H groups in total. The zero-order valence-electron chi connectivity index (χ0n) is 7.64. The van der Waals surface area contributed by atoms with Crippen molar-refractivity contribution in [3.8, 4) is 0 Å². The largest absolute Gasteiger partial charge is 0.355 e. The van der Waals surface area contributed by atoms with Gasteiger partial charge in [0, 0.05) is 12.6 Å². The van der Waals surface area contributed by atoms with Crippen molar-refractivity contribution >= 4 is 19.2 Å². The van der Waals surface area contributed by atoms with Crippen LogP contribution < -0.4 is 10.8 Å². The minimum atomic E-state index is -0.0174. The first kappa shape index (κ1) is 8.85. The van der Waals surface area contributed by atoms with E-state index in [2.05, 4.69) is 5.32 Å². The maximum Gasteiger partial charge on any atom is 0.251 e. The maximum absolute atomic E-state index is 11.3. The standard InChI is InChI=1S/C9H12BNO/c1-6-3-4-7(10)5-8(6)9(12)11-2/h3-5H,10H2,1-2H3,(H,11,12). The Bertz CT molecular complexity index is 309. The Labute approximate surface area is 73.4 Å².